The van der Waals surface area contributed by atoms with Crippen molar-refractivity contribution in [2.75, 3.05) is 26.2 Å². The molecule has 0 radical (unpaired) electrons. The molecule has 0 aromatic heterocycles. The van der Waals surface area contributed by atoms with Crippen molar-refractivity contribution in [3.05, 3.63) is 30.3 Å². The van der Waals surface area contributed by atoms with Gasteiger partial charge < -0.3 is 20.7 Å². The Hall–Kier alpha value is -1.79. The molecule has 1 aliphatic rings. The third-order valence-electron chi connectivity index (χ3n) is 5.57. The number of nitrogens with one attached hydrogen (secondary N) is 1. The number of para-hydroxylation sites is 1. The van der Waals surface area contributed by atoms with E-state index in [4.69, 9.17) is 10.5 Å². The van der Waals surface area contributed by atoms with Crippen molar-refractivity contribution in [3.63, 3.8) is 0 Å². The van der Waals surface area contributed by atoms with Crippen molar-refractivity contribution >= 4 is 24.2 Å². The molecule has 1 aromatic carbocycles. The van der Waals surface area contributed by atoms with Crippen molar-refractivity contribution < 1.29 is 14.3 Å². The van der Waals surface area contributed by atoms with Crippen LogP contribution < -0.4 is 15.8 Å². The number of ether oxygens (including phenoxy) is 1. The summed E-state index contributed by atoms with van der Waals surface area (Å²) in [4.78, 5) is 26.6. The van der Waals surface area contributed by atoms with Crippen LogP contribution >= 0.6 is 12.4 Å². The molecule has 3 N–H and O–H groups in total. The summed E-state index contributed by atoms with van der Waals surface area (Å²) in [6.07, 6.45) is 3.43. The zero-order valence-corrected chi connectivity index (χ0v) is 17.8. The van der Waals surface area contributed by atoms with E-state index in [9.17, 15) is 9.59 Å². The molecule has 1 fully saturated rings. The predicted octanol–water partition coefficient (Wildman–Crippen LogP) is 2.75. The van der Waals surface area contributed by atoms with Crippen LogP contribution in [0, 0.1) is 5.92 Å². The topological polar surface area (TPSA) is 84.7 Å². The van der Waals surface area contributed by atoms with Crippen molar-refractivity contribution in [1.82, 2.24) is 10.2 Å². The molecule has 0 aliphatic carbocycles. The van der Waals surface area contributed by atoms with E-state index in [2.05, 4.69) is 5.32 Å². The molecule has 1 heterocycles. The Morgan fingerprint density at radius 1 is 1.18 bits per heavy atom. The van der Waals surface area contributed by atoms with Gasteiger partial charge in [0.25, 0.3) is 0 Å². The molecule has 28 heavy (non-hydrogen) atoms. The highest BCUT2D eigenvalue weighted by molar-refractivity contribution is 5.85. The lowest BCUT2D eigenvalue weighted by Crippen LogP contribution is -2.51. The predicted molar refractivity (Wildman–Crippen MR) is 114 cm³/mol. The second-order valence-electron chi connectivity index (χ2n) is 7.35. The Morgan fingerprint density at radius 2 is 1.79 bits per heavy atom. The van der Waals surface area contributed by atoms with Crippen LogP contribution in [0.1, 0.15) is 46.0 Å². The quantitative estimate of drug-likeness (QED) is 0.654. The molecule has 0 saturated carbocycles. The molecule has 0 bridgehead atoms. The number of nitrogens with two attached hydrogens (primary N) is 1. The van der Waals surface area contributed by atoms with Gasteiger partial charge in [0.05, 0.1) is 13.0 Å². The smallest absolute Gasteiger partial charge is 0.225 e. The number of amides is 2. The number of carbonyl (C=O) groups is 2. The molecule has 2 amide bonds. The van der Waals surface area contributed by atoms with Gasteiger partial charge >= 0.3 is 0 Å². The zero-order chi connectivity index (χ0) is 19.7. The molecule has 158 valence electrons. The summed E-state index contributed by atoms with van der Waals surface area (Å²) in [5.41, 5.74) is 5.92. The Morgan fingerprint density at radius 3 is 2.36 bits per heavy atom. The summed E-state index contributed by atoms with van der Waals surface area (Å²) in [5, 5.41) is 3.00. The van der Waals surface area contributed by atoms with Gasteiger partial charge in [-0.3, -0.25) is 9.59 Å². The van der Waals surface area contributed by atoms with Gasteiger partial charge in [0.2, 0.25) is 11.8 Å². The Bertz CT molecular complexity index is 600. The molecular formula is C21H34ClN3O3. The number of benzene rings is 1. The molecule has 7 heteroatoms. The number of rotatable bonds is 9. The lowest BCUT2D eigenvalue weighted by atomic mass is 9.92. The van der Waals surface area contributed by atoms with E-state index in [-0.39, 0.29) is 35.7 Å². The van der Waals surface area contributed by atoms with Gasteiger partial charge in [-0.1, -0.05) is 32.0 Å². The maximum absolute atomic E-state index is 12.4. The highest BCUT2D eigenvalue weighted by Crippen LogP contribution is 2.19. The third kappa shape index (κ3) is 7.32. The van der Waals surface area contributed by atoms with Crippen molar-refractivity contribution in [3.8, 4) is 5.75 Å². The van der Waals surface area contributed by atoms with Crippen molar-refractivity contribution in [2.45, 2.75) is 51.5 Å². The molecule has 0 atom stereocenters. The van der Waals surface area contributed by atoms with E-state index >= 15 is 0 Å². The van der Waals surface area contributed by atoms with Crippen LogP contribution in [0.2, 0.25) is 0 Å². The van der Waals surface area contributed by atoms with Gasteiger partial charge in [-0.05, 0) is 37.8 Å². The Labute approximate surface area is 174 Å². The fourth-order valence-corrected chi connectivity index (χ4v) is 3.23. The number of carbonyl (C=O) groups excluding carboxylic acids is 2. The zero-order valence-electron chi connectivity index (χ0n) is 17.0. The monoisotopic (exact) mass is 411 g/mol. The largest absolute Gasteiger partial charge is 0.493 e. The minimum Gasteiger partial charge on any atom is -0.493 e. The standard InChI is InChI=1S/C21H33N3O3.ClH/c1-3-21(22,4-2)16-23-20(26)17-10-13-24(14-11-17)19(25)12-15-27-18-8-6-5-7-9-18;/h5-9,17H,3-4,10-16,22H2,1-2H3,(H,23,26);1H. The average molecular weight is 412 g/mol. The first-order chi connectivity index (χ1) is 13.0. The van der Waals surface area contributed by atoms with E-state index in [1.165, 1.54) is 0 Å². The van der Waals surface area contributed by atoms with Crippen molar-refractivity contribution in [2.24, 2.45) is 11.7 Å². The summed E-state index contributed by atoms with van der Waals surface area (Å²) in [7, 11) is 0. The lowest BCUT2D eigenvalue weighted by Gasteiger charge is -2.33. The average Bonchev–Trinajstić information content (AvgIpc) is 2.72. The fraction of sp³-hybridized carbons (Fsp3) is 0.619. The van der Waals surface area contributed by atoms with Crippen LogP contribution in [0.15, 0.2) is 30.3 Å². The molecule has 1 aliphatic heterocycles. The number of likely N-dealkylation sites (tertiary alicyclic amines) is 1. The summed E-state index contributed by atoms with van der Waals surface area (Å²) in [5.74, 6) is 0.886. The second kappa shape index (κ2) is 11.9. The van der Waals surface area contributed by atoms with E-state index in [0.29, 0.717) is 45.5 Å². The van der Waals surface area contributed by atoms with Crippen LogP contribution in [-0.4, -0.2) is 48.5 Å². The summed E-state index contributed by atoms with van der Waals surface area (Å²) in [6.45, 7) is 6.21. The fourth-order valence-electron chi connectivity index (χ4n) is 3.23. The molecule has 0 spiro atoms. The van der Waals surface area contributed by atoms with Gasteiger partial charge in [0.1, 0.15) is 5.75 Å². The number of piperidine rings is 1. The lowest BCUT2D eigenvalue weighted by molar-refractivity contribution is -0.136. The first-order valence-electron chi connectivity index (χ1n) is 9.99. The Kier molecular flexibility index (Phi) is 10.3. The summed E-state index contributed by atoms with van der Waals surface area (Å²) >= 11 is 0. The minimum atomic E-state index is -0.328. The molecule has 6 nitrogen and oxygen atoms in total. The molecule has 1 saturated heterocycles. The van der Waals surface area contributed by atoms with E-state index < -0.39 is 0 Å². The SMILES string of the molecule is CCC(N)(CC)CNC(=O)C1CCN(C(=O)CCOc2ccccc2)CC1.Cl. The van der Waals surface area contributed by atoms with Gasteiger partial charge in [-0.2, -0.15) is 0 Å². The van der Waals surface area contributed by atoms with Gasteiger partial charge in [0, 0.05) is 31.1 Å². The molecule has 0 unspecified atom stereocenters. The molecule has 2 rings (SSSR count). The number of hydrogen-bond donors (Lipinski definition) is 2. The number of nitrogens with zero attached hydrogens (tertiary/aromatic N) is 1. The van der Waals surface area contributed by atoms with Crippen LogP contribution in [-0.2, 0) is 9.59 Å². The van der Waals surface area contributed by atoms with Crippen molar-refractivity contribution in [1.29, 1.82) is 0 Å². The van der Waals surface area contributed by atoms with Crippen LogP contribution in [0.4, 0.5) is 0 Å². The summed E-state index contributed by atoms with van der Waals surface area (Å²) in [6, 6.07) is 9.49. The van der Waals surface area contributed by atoms with Gasteiger partial charge in [0.15, 0.2) is 0 Å². The number of hydrogen-bond acceptors (Lipinski definition) is 4. The van der Waals surface area contributed by atoms with Gasteiger partial charge in [-0.25, -0.2) is 0 Å². The van der Waals surface area contributed by atoms with Crippen LogP contribution in [0.5, 0.6) is 5.75 Å². The number of halogens is 1. The molecule has 1 aromatic rings. The van der Waals surface area contributed by atoms with Crippen LogP contribution in [0.25, 0.3) is 0 Å². The van der Waals surface area contributed by atoms with Crippen LogP contribution in [0.3, 0.4) is 0 Å². The minimum absolute atomic E-state index is 0. The van der Waals surface area contributed by atoms with E-state index in [1.54, 1.807) is 0 Å². The van der Waals surface area contributed by atoms with E-state index in [0.717, 1.165) is 18.6 Å². The molecular weight excluding hydrogens is 378 g/mol. The second-order valence-corrected chi connectivity index (χ2v) is 7.35. The van der Waals surface area contributed by atoms with Gasteiger partial charge in [-0.15, -0.1) is 12.4 Å². The summed E-state index contributed by atoms with van der Waals surface area (Å²) < 4.78 is 5.59. The first-order valence-corrected chi connectivity index (χ1v) is 9.99. The highest BCUT2D eigenvalue weighted by atomic mass is 35.5. The Balaban J connectivity index is 0.00000392. The third-order valence-corrected chi connectivity index (χ3v) is 5.57. The maximum Gasteiger partial charge on any atom is 0.225 e. The highest BCUT2D eigenvalue weighted by Gasteiger charge is 2.28. The normalized spacial score (nSPS) is 14.9. The van der Waals surface area contributed by atoms with E-state index in [1.807, 2.05) is 49.1 Å². The first kappa shape index (κ1) is 24.2. The maximum atomic E-state index is 12.4.